The molecule has 0 N–H and O–H groups in total. The van der Waals surface area contributed by atoms with Crippen molar-refractivity contribution in [3.05, 3.63) is 57.0 Å². The van der Waals surface area contributed by atoms with Gasteiger partial charge >= 0.3 is 11.9 Å². The van der Waals surface area contributed by atoms with Crippen LogP contribution in [0.2, 0.25) is 0 Å². The molecule has 0 bridgehead atoms. The molecular formula is C19H18N2O5S. The van der Waals surface area contributed by atoms with Crippen LogP contribution in [0.15, 0.2) is 35.4 Å². The minimum atomic E-state index is -0.481. The Balaban J connectivity index is 1.66. The van der Waals surface area contributed by atoms with Gasteiger partial charge in [-0.25, -0.2) is 9.78 Å². The number of carbonyl (C=O) groups excluding carboxylic acids is 2. The Morgan fingerprint density at radius 1 is 1.19 bits per heavy atom. The Labute approximate surface area is 159 Å². The summed E-state index contributed by atoms with van der Waals surface area (Å²) in [5.74, 6) is -0.627. The van der Waals surface area contributed by atoms with Crippen molar-refractivity contribution in [3.8, 4) is 5.75 Å². The van der Waals surface area contributed by atoms with Gasteiger partial charge in [-0.1, -0.05) is 0 Å². The van der Waals surface area contributed by atoms with E-state index in [1.54, 1.807) is 0 Å². The van der Waals surface area contributed by atoms with Crippen molar-refractivity contribution in [2.45, 2.75) is 26.8 Å². The number of rotatable bonds is 5. The van der Waals surface area contributed by atoms with Gasteiger partial charge in [-0.3, -0.25) is 14.2 Å². The molecule has 0 fully saturated rings. The Bertz CT molecular complexity index is 1070. The van der Waals surface area contributed by atoms with Crippen molar-refractivity contribution in [1.29, 1.82) is 0 Å². The van der Waals surface area contributed by atoms with E-state index >= 15 is 0 Å². The normalized spacial score (nSPS) is 10.8. The summed E-state index contributed by atoms with van der Waals surface area (Å²) in [7, 11) is 1.29. The molecule has 0 atom stereocenters. The largest absolute Gasteiger partial charge is 0.465 e. The Hall–Kier alpha value is -3.00. The quantitative estimate of drug-likeness (QED) is 0.495. The van der Waals surface area contributed by atoms with E-state index in [2.05, 4.69) is 9.72 Å². The van der Waals surface area contributed by atoms with Crippen molar-refractivity contribution in [1.82, 2.24) is 9.55 Å². The third-order valence-electron chi connectivity index (χ3n) is 4.22. The topological polar surface area (TPSA) is 87.5 Å². The molecule has 0 saturated carbocycles. The smallest absolute Gasteiger partial charge is 0.337 e. The van der Waals surface area contributed by atoms with Crippen LogP contribution in [0.4, 0.5) is 0 Å². The molecule has 0 unspecified atom stereocenters. The maximum absolute atomic E-state index is 12.6. The van der Waals surface area contributed by atoms with Gasteiger partial charge in [0.1, 0.15) is 10.6 Å². The minimum Gasteiger partial charge on any atom is -0.465 e. The highest BCUT2D eigenvalue weighted by Gasteiger charge is 2.13. The molecule has 3 aromatic rings. The van der Waals surface area contributed by atoms with Crippen LogP contribution in [0.1, 0.15) is 27.2 Å². The van der Waals surface area contributed by atoms with Gasteiger partial charge in [0.15, 0.2) is 0 Å². The number of aryl methyl sites for hydroxylation is 3. The van der Waals surface area contributed by atoms with E-state index in [1.165, 1.54) is 53.6 Å². The summed E-state index contributed by atoms with van der Waals surface area (Å²) in [5, 5.41) is 0.603. The van der Waals surface area contributed by atoms with Gasteiger partial charge in [-0.15, -0.1) is 11.3 Å². The van der Waals surface area contributed by atoms with Crippen LogP contribution in [0.25, 0.3) is 10.2 Å². The molecule has 27 heavy (non-hydrogen) atoms. The van der Waals surface area contributed by atoms with Crippen molar-refractivity contribution in [3.63, 3.8) is 0 Å². The molecule has 0 aliphatic heterocycles. The zero-order valence-corrected chi connectivity index (χ0v) is 16.0. The molecule has 0 aliphatic rings. The summed E-state index contributed by atoms with van der Waals surface area (Å²) < 4.78 is 11.3. The first-order valence-electron chi connectivity index (χ1n) is 8.25. The van der Waals surface area contributed by atoms with Gasteiger partial charge in [0, 0.05) is 11.4 Å². The highest BCUT2D eigenvalue weighted by Crippen LogP contribution is 2.25. The SMILES string of the molecule is COC(=O)c1ccc(OC(=O)CCn2cnc3sc(C)c(C)c3c2=O)cc1. The van der Waals surface area contributed by atoms with Crippen LogP contribution in [0.3, 0.4) is 0 Å². The third kappa shape index (κ3) is 3.90. The van der Waals surface area contributed by atoms with Crippen LogP contribution in [0, 0.1) is 13.8 Å². The molecule has 140 valence electrons. The van der Waals surface area contributed by atoms with Gasteiger partial charge in [0.05, 0.1) is 30.8 Å². The predicted octanol–water partition coefficient (Wildman–Crippen LogP) is 2.86. The number of hydrogen-bond donors (Lipinski definition) is 0. The fourth-order valence-electron chi connectivity index (χ4n) is 2.60. The average Bonchev–Trinajstić information content (AvgIpc) is 2.96. The second kappa shape index (κ2) is 7.71. The zero-order chi connectivity index (χ0) is 19.6. The van der Waals surface area contributed by atoms with Gasteiger partial charge in [0.2, 0.25) is 0 Å². The molecule has 2 heterocycles. The molecule has 0 aliphatic carbocycles. The number of esters is 2. The zero-order valence-electron chi connectivity index (χ0n) is 15.1. The number of hydrogen-bond acceptors (Lipinski definition) is 7. The summed E-state index contributed by atoms with van der Waals surface area (Å²) in [4.78, 5) is 42.1. The summed E-state index contributed by atoms with van der Waals surface area (Å²) in [6.07, 6.45) is 1.48. The lowest BCUT2D eigenvalue weighted by Gasteiger charge is -2.07. The predicted molar refractivity (Wildman–Crippen MR) is 101 cm³/mol. The molecule has 2 aromatic heterocycles. The van der Waals surface area contributed by atoms with E-state index in [0.717, 1.165) is 10.4 Å². The second-order valence-electron chi connectivity index (χ2n) is 5.95. The Morgan fingerprint density at radius 2 is 1.89 bits per heavy atom. The number of fused-ring (bicyclic) bond motifs is 1. The molecule has 8 heteroatoms. The standard InChI is InChI=1S/C19H18N2O5S/c1-11-12(2)27-17-16(11)18(23)21(10-20-17)9-8-15(22)26-14-6-4-13(5-7-14)19(24)25-3/h4-7,10H,8-9H2,1-3H3. The Kier molecular flexibility index (Phi) is 5.36. The summed E-state index contributed by atoms with van der Waals surface area (Å²) >= 11 is 1.48. The van der Waals surface area contributed by atoms with E-state index in [-0.39, 0.29) is 18.5 Å². The Morgan fingerprint density at radius 3 is 2.56 bits per heavy atom. The van der Waals surface area contributed by atoms with E-state index in [4.69, 9.17) is 4.74 Å². The lowest BCUT2D eigenvalue weighted by molar-refractivity contribution is -0.134. The maximum atomic E-state index is 12.6. The molecule has 3 rings (SSSR count). The van der Waals surface area contributed by atoms with Gasteiger partial charge in [-0.05, 0) is 43.7 Å². The monoisotopic (exact) mass is 386 g/mol. The number of ether oxygens (including phenoxy) is 2. The average molecular weight is 386 g/mol. The molecule has 0 radical (unpaired) electrons. The van der Waals surface area contributed by atoms with Crippen LogP contribution in [0.5, 0.6) is 5.75 Å². The molecule has 0 saturated heterocycles. The summed E-state index contributed by atoms with van der Waals surface area (Å²) in [6, 6.07) is 6.06. The number of nitrogens with zero attached hydrogens (tertiary/aromatic N) is 2. The van der Waals surface area contributed by atoms with Crippen LogP contribution in [-0.4, -0.2) is 28.6 Å². The fourth-order valence-corrected chi connectivity index (χ4v) is 3.59. The molecule has 0 spiro atoms. The van der Waals surface area contributed by atoms with Crippen LogP contribution >= 0.6 is 11.3 Å². The van der Waals surface area contributed by atoms with Crippen molar-refractivity contribution in [2.24, 2.45) is 0 Å². The van der Waals surface area contributed by atoms with Gasteiger partial charge < -0.3 is 9.47 Å². The van der Waals surface area contributed by atoms with Crippen molar-refractivity contribution < 1.29 is 19.1 Å². The first kappa shape index (κ1) is 18.8. The number of aromatic nitrogens is 2. The lowest BCUT2D eigenvalue weighted by Crippen LogP contribution is -2.23. The van der Waals surface area contributed by atoms with Crippen molar-refractivity contribution >= 4 is 33.5 Å². The van der Waals surface area contributed by atoms with Gasteiger partial charge in [-0.2, -0.15) is 0 Å². The number of methoxy groups -OCH3 is 1. The van der Waals surface area contributed by atoms with E-state index < -0.39 is 11.9 Å². The van der Waals surface area contributed by atoms with Gasteiger partial charge in [0.25, 0.3) is 5.56 Å². The molecule has 1 aromatic carbocycles. The van der Waals surface area contributed by atoms with Crippen LogP contribution in [-0.2, 0) is 16.1 Å². The molecule has 0 amide bonds. The summed E-state index contributed by atoms with van der Waals surface area (Å²) in [5.41, 5.74) is 1.14. The van der Waals surface area contributed by atoms with E-state index in [9.17, 15) is 14.4 Å². The molecular weight excluding hydrogens is 368 g/mol. The maximum Gasteiger partial charge on any atom is 0.337 e. The number of carbonyl (C=O) groups is 2. The van der Waals surface area contributed by atoms with Crippen molar-refractivity contribution in [2.75, 3.05) is 7.11 Å². The third-order valence-corrected chi connectivity index (χ3v) is 5.34. The second-order valence-corrected chi connectivity index (χ2v) is 7.15. The minimum absolute atomic E-state index is 0.0218. The van der Waals surface area contributed by atoms with Crippen LogP contribution < -0.4 is 10.3 Å². The first-order chi connectivity index (χ1) is 12.9. The summed E-state index contributed by atoms with van der Waals surface area (Å²) in [6.45, 7) is 4.03. The lowest BCUT2D eigenvalue weighted by atomic mass is 10.2. The number of benzene rings is 1. The van der Waals surface area contributed by atoms with E-state index in [0.29, 0.717) is 21.5 Å². The highest BCUT2D eigenvalue weighted by molar-refractivity contribution is 7.18. The first-order valence-corrected chi connectivity index (χ1v) is 9.06. The molecule has 7 nitrogen and oxygen atoms in total. The van der Waals surface area contributed by atoms with E-state index in [1.807, 2.05) is 13.8 Å². The highest BCUT2D eigenvalue weighted by atomic mass is 32.1. The number of thiophene rings is 1. The fraction of sp³-hybridized carbons (Fsp3) is 0.263.